The quantitative estimate of drug-likeness (QED) is 0.706. The fraction of sp³-hybridized carbons (Fsp3) is 0.900. The van der Waals surface area contributed by atoms with E-state index in [1.807, 2.05) is 13.8 Å². The molecule has 0 aromatic heterocycles. The lowest BCUT2D eigenvalue weighted by Crippen LogP contribution is -2.45. The van der Waals surface area contributed by atoms with Gasteiger partial charge in [0.15, 0.2) is 0 Å². The molecule has 0 aliphatic heterocycles. The zero-order chi connectivity index (χ0) is 13.6. The van der Waals surface area contributed by atoms with Crippen LogP contribution in [0.25, 0.3) is 0 Å². The van der Waals surface area contributed by atoms with E-state index < -0.39 is 10.2 Å². The molecule has 0 aliphatic carbocycles. The van der Waals surface area contributed by atoms with Gasteiger partial charge in [0.05, 0.1) is 6.54 Å². The first kappa shape index (κ1) is 16.3. The molecule has 0 aromatic carbocycles. The van der Waals surface area contributed by atoms with Gasteiger partial charge in [-0.3, -0.25) is 4.79 Å². The highest BCUT2D eigenvalue weighted by atomic mass is 32.2. The standard InChI is InChI=1S/C10H23N3O3S/c1-6-7-9(2)11-10(14)8-13(5)17(15,16)12(3)4/h9H,6-8H2,1-5H3,(H,11,14)/t9-/m1/s1. The average Bonchev–Trinajstić information content (AvgIpc) is 2.16. The first-order valence-corrected chi connectivity index (χ1v) is 7.04. The Hall–Kier alpha value is -0.660. The zero-order valence-electron chi connectivity index (χ0n) is 11.2. The molecular formula is C10H23N3O3S. The maximum absolute atomic E-state index is 11.6. The third-order valence-electron chi connectivity index (χ3n) is 2.35. The second kappa shape index (κ2) is 6.93. The smallest absolute Gasteiger partial charge is 0.281 e. The van der Waals surface area contributed by atoms with Gasteiger partial charge in [0.2, 0.25) is 5.91 Å². The van der Waals surface area contributed by atoms with E-state index in [9.17, 15) is 13.2 Å². The van der Waals surface area contributed by atoms with Crippen LogP contribution in [0.5, 0.6) is 0 Å². The molecule has 1 atom stereocenters. The fourth-order valence-electron chi connectivity index (χ4n) is 1.39. The Bertz CT molecular complexity index is 341. The van der Waals surface area contributed by atoms with Crippen LogP contribution in [0.15, 0.2) is 0 Å². The van der Waals surface area contributed by atoms with E-state index in [0.29, 0.717) is 0 Å². The van der Waals surface area contributed by atoms with E-state index in [0.717, 1.165) is 21.5 Å². The molecule has 0 bridgehead atoms. The average molecular weight is 265 g/mol. The third kappa shape index (κ3) is 5.47. The molecule has 0 aliphatic rings. The minimum atomic E-state index is -3.51. The first-order valence-electron chi connectivity index (χ1n) is 5.65. The molecule has 0 rings (SSSR count). The highest BCUT2D eigenvalue weighted by Gasteiger charge is 2.22. The van der Waals surface area contributed by atoms with Gasteiger partial charge >= 0.3 is 0 Å². The Balaban J connectivity index is 4.31. The third-order valence-corrected chi connectivity index (χ3v) is 4.19. The van der Waals surface area contributed by atoms with Crippen molar-refractivity contribution in [2.24, 2.45) is 0 Å². The fourth-order valence-corrected chi connectivity index (χ4v) is 2.23. The van der Waals surface area contributed by atoms with Crippen LogP contribution in [0.2, 0.25) is 0 Å². The van der Waals surface area contributed by atoms with Crippen molar-refractivity contribution in [3.05, 3.63) is 0 Å². The van der Waals surface area contributed by atoms with Gasteiger partial charge in [-0.25, -0.2) is 0 Å². The Labute approximate surface area is 104 Å². The maximum Gasteiger partial charge on any atom is 0.281 e. The Morgan fingerprint density at radius 1 is 1.29 bits per heavy atom. The van der Waals surface area contributed by atoms with E-state index in [1.54, 1.807) is 0 Å². The van der Waals surface area contributed by atoms with Gasteiger partial charge in [0.1, 0.15) is 0 Å². The molecule has 0 fully saturated rings. The number of rotatable bonds is 7. The summed E-state index contributed by atoms with van der Waals surface area (Å²) in [6.45, 7) is 3.78. The van der Waals surface area contributed by atoms with Gasteiger partial charge in [-0.2, -0.15) is 17.0 Å². The molecule has 0 aromatic rings. The highest BCUT2D eigenvalue weighted by molar-refractivity contribution is 7.86. The molecule has 0 heterocycles. The maximum atomic E-state index is 11.6. The first-order chi connectivity index (χ1) is 7.71. The molecule has 7 heteroatoms. The van der Waals surface area contributed by atoms with Crippen molar-refractivity contribution in [3.63, 3.8) is 0 Å². The summed E-state index contributed by atoms with van der Waals surface area (Å²) in [5, 5.41) is 2.76. The molecule has 0 saturated carbocycles. The van der Waals surface area contributed by atoms with Gasteiger partial charge in [-0.15, -0.1) is 0 Å². The van der Waals surface area contributed by atoms with Crippen LogP contribution in [0.4, 0.5) is 0 Å². The van der Waals surface area contributed by atoms with E-state index >= 15 is 0 Å². The molecule has 0 saturated heterocycles. The molecule has 0 spiro atoms. The van der Waals surface area contributed by atoms with Gasteiger partial charge in [0, 0.05) is 27.2 Å². The van der Waals surface area contributed by atoms with Crippen molar-refractivity contribution in [2.75, 3.05) is 27.7 Å². The topological polar surface area (TPSA) is 69.7 Å². The van der Waals surface area contributed by atoms with Crippen molar-refractivity contribution < 1.29 is 13.2 Å². The lowest BCUT2D eigenvalue weighted by atomic mass is 10.2. The van der Waals surface area contributed by atoms with Crippen LogP contribution in [-0.4, -0.2) is 56.7 Å². The second-order valence-corrected chi connectivity index (χ2v) is 6.55. The molecular weight excluding hydrogens is 242 g/mol. The summed E-state index contributed by atoms with van der Waals surface area (Å²) in [5.74, 6) is -0.279. The van der Waals surface area contributed by atoms with E-state index in [4.69, 9.17) is 0 Å². The van der Waals surface area contributed by atoms with Crippen molar-refractivity contribution >= 4 is 16.1 Å². The predicted octanol–water partition coefficient (Wildman–Crippen LogP) is 0.0294. The Kier molecular flexibility index (Phi) is 6.66. The van der Waals surface area contributed by atoms with Gasteiger partial charge < -0.3 is 5.32 Å². The number of carbonyl (C=O) groups is 1. The monoisotopic (exact) mass is 265 g/mol. The Morgan fingerprint density at radius 3 is 2.24 bits per heavy atom. The number of nitrogens with zero attached hydrogens (tertiary/aromatic N) is 2. The van der Waals surface area contributed by atoms with E-state index in [1.165, 1.54) is 21.1 Å². The van der Waals surface area contributed by atoms with Gasteiger partial charge in [-0.1, -0.05) is 13.3 Å². The van der Waals surface area contributed by atoms with Crippen LogP contribution >= 0.6 is 0 Å². The van der Waals surface area contributed by atoms with Crippen molar-refractivity contribution in [1.82, 2.24) is 13.9 Å². The molecule has 1 N–H and O–H groups in total. The summed E-state index contributed by atoms with van der Waals surface area (Å²) in [6, 6.07) is 0.0722. The van der Waals surface area contributed by atoms with Crippen LogP contribution in [0.1, 0.15) is 26.7 Å². The van der Waals surface area contributed by atoms with Crippen LogP contribution in [0, 0.1) is 0 Å². The number of likely N-dealkylation sites (N-methyl/N-ethyl adjacent to an activating group) is 1. The summed E-state index contributed by atoms with van der Waals surface area (Å²) in [6.07, 6.45) is 1.86. The van der Waals surface area contributed by atoms with Crippen molar-refractivity contribution in [2.45, 2.75) is 32.7 Å². The van der Waals surface area contributed by atoms with Gasteiger partial charge in [-0.05, 0) is 13.3 Å². The highest BCUT2D eigenvalue weighted by Crippen LogP contribution is 2.01. The predicted molar refractivity (Wildman–Crippen MR) is 67.7 cm³/mol. The van der Waals surface area contributed by atoms with Crippen LogP contribution in [0.3, 0.4) is 0 Å². The summed E-state index contributed by atoms with van der Waals surface area (Å²) >= 11 is 0. The number of amides is 1. The largest absolute Gasteiger partial charge is 0.353 e. The summed E-state index contributed by atoms with van der Waals surface area (Å²) in [4.78, 5) is 11.6. The number of carbonyl (C=O) groups excluding carboxylic acids is 1. The summed E-state index contributed by atoms with van der Waals surface area (Å²) in [7, 11) is 0.742. The number of hydrogen-bond acceptors (Lipinski definition) is 3. The van der Waals surface area contributed by atoms with Crippen LogP contribution < -0.4 is 5.32 Å². The lowest BCUT2D eigenvalue weighted by Gasteiger charge is -2.21. The second-order valence-electron chi connectivity index (χ2n) is 4.30. The summed E-state index contributed by atoms with van der Waals surface area (Å²) < 4.78 is 25.4. The number of nitrogens with one attached hydrogen (secondary N) is 1. The number of hydrogen-bond donors (Lipinski definition) is 1. The minimum absolute atomic E-state index is 0.0722. The normalized spacial score (nSPS) is 14.1. The molecule has 0 unspecified atom stereocenters. The van der Waals surface area contributed by atoms with E-state index in [-0.39, 0.29) is 18.5 Å². The van der Waals surface area contributed by atoms with Crippen molar-refractivity contribution in [1.29, 1.82) is 0 Å². The molecule has 1 amide bonds. The molecule has 102 valence electrons. The minimum Gasteiger partial charge on any atom is -0.353 e. The van der Waals surface area contributed by atoms with Crippen LogP contribution in [-0.2, 0) is 15.0 Å². The van der Waals surface area contributed by atoms with Gasteiger partial charge in [0.25, 0.3) is 10.2 Å². The van der Waals surface area contributed by atoms with Crippen molar-refractivity contribution in [3.8, 4) is 0 Å². The lowest BCUT2D eigenvalue weighted by molar-refractivity contribution is -0.121. The molecule has 6 nitrogen and oxygen atoms in total. The molecule has 0 radical (unpaired) electrons. The SMILES string of the molecule is CCC[C@@H](C)NC(=O)CN(C)S(=O)(=O)N(C)C. The zero-order valence-corrected chi connectivity index (χ0v) is 12.0. The van der Waals surface area contributed by atoms with E-state index in [2.05, 4.69) is 5.32 Å². The molecule has 17 heavy (non-hydrogen) atoms. The summed E-state index contributed by atoms with van der Waals surface area (Å²) in [5.41, 5.74) is 0. The Morgan fingerprint density at radius 2 is 1.82 bits per heavy atom.